The third-order valence-electron chi connectivity index (χ3n) is 3.95. The molecule has 0 fully saturated rings. The summed E-state index contributed by atoms with van der Waals surface area (Å²) >= 11 is 0. The largest absolute Gasteiger partial charge is 0.431 e. The number of hydrogen-bond donors (Lipinski definition) is 1. The Kier molecular flexibility index (Phi) is 4.39. The summed E-state index contributed by atoms with van der Waals surface area (Å²) in [6.45, 7) is 0. The lowest BCUT2D eigenvalue weighted by Gasteiger charge is -2.31. The van der Waals surface area contributed by atoms with Gasteiger partial charge in [0.15, 0.2) is 5.72 Å². The third kappa shape index (κ3) is 3.36. The van der Waals surface area contributed by atoms with Crippen molar-refractivity contribution in [3.8, 4) is 0 Å². The van der Waals surface area contributed by atoms with Crippen molar-refractivity contribution in [1.29, 1.82) is 0 Å². The molecule has 0 radical (unpaired) electrons. The third-order valence-corrected chi connectivity index (χ3v) is 3.95. The number of hydrazone groups is 1. The molecule has 27 heavy (non-hydrogen) atoms. The molecule has 0 aliphatic carbocycles. The number of nitrogens with zero attached hydrogens (tertiary/aromatic N) is 4. The second-order valence-electron chi connectivity index (χ2n) is 5.70. The minimum absolute atomic E-state index is 0.0787. The van der Waals surface area contributed by atoms with Crippen LogP contribution in [0.15, 0.2) is 53.9 Å². The number of non-ortho nitro benzene ring substituents is 1. The molecular weight excluding hydrogens is 369 g/mol. The van der Waals surface area contributed by atoms with E-state index >= 15 is 0 Å². The van der Waals surface area contributed by atoms with Crippen molar-refractivity contribution in [2.75, 3.05) is 0 Å². The van der Waals surface area contributed by atoms with E-state index in [2.05, 4.69) is 10.1 Å². The average molecular weight is 380 g/mol. The number of alkyl halides is 3. The quantitative estimate of drug-likeness (QED) is 0.650. The van der Waals surface area contributed by atoms with Crippen molar-refractivity contribution >= 4 is 17.3 Å². The van der Waals surface area contributed by atoms with Crippen LogP contribution in [0.2, 0.25) is 0 Å². The molecule has 1 N–H and O–H groups in total. The minimum Gasteiger partial charge on any atom is -0.365 e. The molecule has 1 aliphatic rings. The number of rotatable bonds is 3. The van der Waals surface area contributed by atoms with Crippen molar-refractivity contribution in [2.24, 2.45) is 5.10 Å². The first-order valence-electron chi connectivity index (χ1n) is 7.49. The summed E-state index contributed by atoms with van der Waals surface area (Å²) in [5.41, 5.74) is -4.34. The van der Waals surface area contributed by atoms with Crippen LogP contribution >= 0.6 is 0 Å². The smallest absolute Gasteiger partial charge is 0.365 e. The summed E-state index contributed by atoms with van der Waals surface area (Å²) in [6.07, 6.45) is -3.38. The number of halogens is 3. The highest BCUT2D eigenvalue weighted by molar-refractivity contribution is 5.99. The van der Waals surface area contributed by atoms with E-state index in [1.165, 1.54) is 18.3 Å². The predicted octanol–water partition coefficient (Wildman–Crippen LogP) is 2.60. The monoisotopic (exact) mass is 380 g/mol. The van der Waals surface area contributed by atoms with Gasteiger partial charge in [0.2, 0.25) is 0 Å². The van der Waals surface area contributed by atoms with E-state index in [1.807, 2.05) is 0 Å². The molecule has 11 heteroatoms. The summed E-state index contributed by atoms with van der Waals surface area (Å²) in [6, 6.07) is 6.92. The molecule has 2 aromatic rings. The van der Waals surface area contributed by atoms with Crippen LogP contribution in [0.3, 0.4) is 0 Å². The molecule has 1 amide bonds. The maximum atomic E-state index is 13.1. The highest BCUT2D eigenvalue weighted by atomic mass is 19.4. The zero-order chi connectivity index (χ0) is 19.8. The Morgan fingerprint density at radius 2 is 1.93 bits per heavy atom. The lowest BCUT2D eigenvalue weighted by molar-refractivity contribution is -0.384. The number of carbonyl (C=O) groups is 1. The average Bonchev–Trinajstić information content (AvgIpc) is 3.01. The van der Waals surface area contributed by atoms with Crippen molar-refractivity contribution in [2.45, 2.75) is 18.3 Å². The number of aromatic nitrogens is 1. The fraction of sp³-hybridized carbons (Fsp3) is 0.188. The van der Waals surface area contributed by atoms with Gasteiger partial charge in [-0.25, -0.2) is 0 Å². The maximum absolute atomic E-state index is 13.1. The van der Waals surface area contributed by atoms with Crippen molar-refractivity contribution in [3.63, 3.8) is 0 Å². The summed E-state index contributed by atoms with van der Waals surface area (Å²) in [5, 5.41) is 25.3. The van der Waals surface area contributed by atoms with Gasteiger partial charge in [-0.05, 0) is 24.3 Å². The van der Waals surface area contributed by atoms with Crippen LogP contribution in [0.4, 0.5) is 18.9 Å². The maximum Gasteiger partial charge on any atom is 0.431 e. The molecule has 0 unspecified atom stereocenters. The molecule has 3 rings (SSSR count). The van der Waals surface area contributed by atoms with E-state index in [0.717, 1.165) is 30.5 Å². The molecule has 140 valence electrons. The number of amides is 1. The fourth-order valence-corrected chi connectivity index (χ4v) is 2.60. The Labute approximate surface area is 149 Å². The predicted molar refractivity (Wildman–Crippen MR) is 85.5 cm³/mol. The second-order valence-corrected chi connectivity index (χ2v) is 5.70. The first-order chi connectivity index (χ1) is 12.6. The number of carbonyl (C=O) groups excluding carboxylic acids is 1. The van der Waals surface area contributed by atoms with E-state index < -0.39 is 34.9 Å². The Morgan fingerprint density at radius 3 is 2.44 bits per heavy atom. The summed E-state index contributed by atoms with van der Waals surface area (Å²) < 4.78 is 39.4. The molecule has 1 aromatic heterocycles. The number of nitro benzene ring substituents is 1. The molecule has 0 bridgehead atoms. The van der Waals surface area contributed by atoms with Crippen LogP contribution in [0.1, 0.15) is 22.3 Å². The number of aliphatic hydroxyl groups is 1. The number of nitro groups is 1. The number of benzene rings is 1. The van der Waals surface area contributed by atoms with Gasteiger partial charge >= 0.3 is 6.18 Å². The SMILES string of the molecule is O=C(c1cccnc1)N1N=C(C(F)(F)F)C[C@]1(O)c1ccc([N+](=O)[O-])cc1. The van der Waals surface area contributed by atoms with Crippen molar-refractivity contribution < 1.29 is 28.0 Å². The molecule has 1 atom stereocenters. The Morgan fingerprint density at radius 1 is 1.26 bits per heavy atom. The van der Waals surface area contributed by atoms with Crippen molar-refractivity contribution in [3.05, 3.63) is 70.0 Å². The van der Waals surface area contributed by atoms with Gasteiger partial charge in [0.1, 0.15) is 5.71 Å². The number of pyridine rings is 1. The molecule has 0 spiro atoms. The van der Waals surface area contributed by atoms with Crippen LogP contribution in [-0.2, 0) is 5.72 Å². The van der Waals surface area contributed by atoms with E-state index in [0.29, 0.717) is 5.01 Å². The highest BCUT2D eigenvalue weighted by Gasteiger charge is 2.53. The van der Waals surface area contributed by atoms with Gasteiger partial charge in [-0.15, -0.1) is 0 Å². The van der Waals surface area contributed by atoms with Gasteiger partial charge in [-0.2, -0.15) is 23.3 Å². The number of hydrogen-bond acceptors (Lipinski definition) is 6. The van der Waals surface area contributed by atoms with Gasteiger partial charge in [0, 0.05) is 30.1 Å². The standard InChI is InChI=1S/C16H11F3N4O4/c17-16(18,19)13-8-15(25,11-3-5-12(6-4-11)23(26)27)22(21-13)14(24)10-2-1-7-20-9-10/h1-7,9,25H,8H2/t15-/m0/s1. The molecule has 8 nitrogen and oxygen atoms in total. The van der Waals surface area contributed by atoms with Crippen LogP contribution in [0.25, 0.3) is 0 Å². The first-order valence-corrected chi connectivity index (χ1v) is 7.49. The fourth-order valence-electron chi connectivity index (χ4n) is 2.60. The molecule has 0 saturated heterocycles. The van der Waals surface area contributed by atoms with E-state index in [1.54, 1.807) is 0 Å². The summed E-state index contributed by atoms with van der Waals surface area (Å²) in [4.78, 5) is 26.4. The van der Waals surface area contributed by atoms with Crippen molar-refractivity contribution in [1.82, 2.24) is 9.99 Å². The van der Waals surface area contributed by atoms with Gasteiger partial charge < -0.3 is 5.11 Å². The van der Waals surface area contributed by atoms with Gasteiger partial charge in [0.05, 0.1) is 16.9 Å². The summed E-state index contributed by atoms with van der Waals surface area (Å²) in [5.74, 6) is -0.997. The Bertz CT molecular complexity index is 916. The lowest BCUT2D eigenvalue weighted by atomic mass is 9.96. The van der Waals surface area contributed by atoms with E-state index in [4.69, 9.17) is 0 Å². The van der Waals surface area contributed by atoms with Gasteiger partial charge in [-0.1, -0.05) is 0 Å². The molecule has 2 heterocycles. The Balaban J connectivity index is 2.06. The minimum atomic E-state index is -4.86. The molecule has 0 saturated carbocycles. The van der Waals surface area contributed by atoms with Gasteiger partial charge in [-0.3, -0.25) is 19.9 Å². The Hall–Kier alpha value is -3.34. The van der Waals surface area contributed by atoms with Crippen LogP contribution in [0, 0.1) is 10.1 Å². The second kappa shape index (κ2) is 6.43. The first kappa shape index (κ1) is 18.5. The van der Waals surface area contributed by atoms with E-state index in [9.17, 15) is 33.2 Å². The molecular formula is C16H11F3N4O4. The lowest BCUT2D eigenvalue weighted by Crippen LogP contribution is -2.43. The normalized spacial score (nSPS) is 19.7. The van der Waals surface area contributed by atoms with Crippen LogP contribution in [-0.4, -0.2) is 37.8 Å². The molecule has 1 aliphatic heterocycles. The molecule has 1 aromatic carbocycles. The topological polar surface area (TPSA) is 109 Å². The van der Waals surface area contributed by atoms with E-state index in [-0.39, 0.29) is 16.8 Å². The zero-order valence-corrected chi connectivity index (χ0v) is 13.4. The highest BCUT2D eigenvalue weighted by Crippen LogP contribution is 2.40. The van der Waals surface area contributed by atoms with Crippen LogP contribution in [0.5, 0.6) is 0 Å². The zero-order valence-electron chi connectivity index (χ0n) is 13.4. The van der Waals surface area contributed by atoms with Crippen LogP contribution < -0.4 is 0 Å². The van der Waals surface area contributed by atoms with Gasteiger partial charge in [0.25, 0.3) is 11.6 Å². The summed E-state index contributed by atoms with van der Waals surface area (Å²) in [7, 11) is 0.